The van der Waals surface area contributed by atoms with Gasteiger partial charge in [0.1, 0.15) is 0 Å². The molecule has 1 aliphatic carbocycles. The van der Waals surface area contributed by atoms with E-state index >= 15 is 0 Å². The first-order chi connectivity index (χ1) is 9.04. The Morgan fingerprint density at radius 3 is 2.25 bits per heavy atom. The average Bonchev–Trinajstić information content (AvgIpc) is 2.64. The molecule has 6 heteroatoms. The Kier molecular flexibility index (Phi) is 3.83. The maximum atomic E-state index is 12.4. The van der Waals surface area contributed by atoms with Crippen molar-refractivity contribution < 1.29 is 13.5 Å². The number of aliphatic hydroxyl groups is 1. The number of nitrogens with one attached hydrogen (secondary N) is 1. The predicted octanol–water partition coefficient (Wildman–Crippen LogP) is 2.51. The van der Waals surface area contributed by atoms with Crippen molar-refractivity contribution in [1.29, 1.82) is 0 Å². The van der Waals surface area contributed by atoms with Crippen LogP contribution in [-0.4, -0.2) is 20.1 Å². The van der Waals surface area contributed by atoms with Crippen LogP contribution < -0.4 is 4.72 Å². The topological polar surface area (TPSA) is 66.4 Å². The van der Waals surface area contributed by atoms with E-state index in [0.29, 0.717) is 22.2 Å². The molecule has 0 atom stereocenters. The van der Waals surface area contributed by atoms with Crippen LogP contribution in [0, 0.1) is 23.7 Å². The lowest BCUT2D eigenvalue weighted by molar-refractivity contribution is 0.285. The Hall–Kier alpha value is -0.430. The van der Waals surface area contributed by atoms with Crippen molar-refractivity contribution >= 4 is 21.4 Å². The van der Waals surface area contributed by atoms with Crippen LogP contribution in [0.25, 0.3) is 0 Å². The Morgan fingerprint density at radius 2 is 1.85 bits per heavy atom. The van der Waals surface area contributed by atoms with E-state index in [-0.39, 0.29) is 17.4 Å². The van der Waals surface area contributed by atoms with Crippen LogP contribution in [0.15, 0.2) is 11.0 Å². The third kappa shape index (κ3) is 2.43. The molecular weight excluding hydrogens is 294 g/mol. The molecule has 1 aromatic heterocycles. The molecular formula is C14H23NO3S2. The molecule has 20 heavy (non-hydrogen) atoms. The van der Waals surface area contributed by atoms with Crippen LogP contribution >= 0.6 is 11.3 Å². The molecule has 0 aliphatic heterocycles. The van der Waals surface area contributed by atoms with Gasteiger partial charge in [-0.2, -0.15) is 0 Å². The van der Waals surface area contributed by atoms with Crippen LogP contribution in [0.2, 0.25) is 0 Å². The molecule has 0 saturated heterocycles. The quantitative estimate of drug-likeness (QED) is 0.877. The second-order valence-electron chi connectivity index (χ2n) is 6.64. The van der Waals surface area contributed by atoms with Gasteiger partial charge in [0.05, 0.1) is 11.5 Å². The highest BCUT2D eigenvalue weighted by molar-refractivity contribution is 7.89. The van der Waals surface area contributed by atoms with Gasteiger partial charge in [-0.15, -0.1) is 11.3 Å². The SMILES string of the molecule is Cc1sc(CO)cc1S(=O)(=O)NCC1C(C)(C)C1(C)C. The zero-order valence-electron chi connectivity index (χ0n) is 12.6. The minimum absolute atomic E-state index is 0.121. The van der Waals surface area contributed by atoms with Gasteiger partial charge in [0.2, 0.25) is 10.0 Å². The number of aryl methyl sites for hydroxylation is 1. The van der Waals surface area contributed by atoms with Crippen molar-refractivity contribution in [2.75, 3.05) is 6.54 Å². The summed E-state index contributed by atoms with van der Waals surface area (Å²) in [5.41, 5.74) is 0.324. The monoisotopic (exact) mass is 317 g/mol. The highest BCUT2D eigenvalue weighted by Gasteiger charge is 2.64. The van der Waals surface area contributed by atoms with Gasteiger partial charge in [-0.3, -0.25) is 0 Å². The number of sulfonamides is 1. The molecule has 1 saturated carbocycles. The van der Waals surface area contributed by atoms with Crippen LogP contribution in [0.4, 0.5) is 0 Å². The number of hydrogen-bond donors (Lipinski definition) is 2. The third-order valence-corrected chi connectivity index (χ3v) is 7.88. The number of rotatable bonds is 5. The minimum atomic E-state index is -3.49. The summed E-state index contributed by atoms with van der Waals surface area (Å²) in [4.78, 5) is 1.69. The van der Waals surface area contributed by atoms with E-state index < -0.39 is 10.0 Å². The number of aliphatic hydroxyl groups excluding tert-OH is 1. The molecule has 114 valence electrons. The van der Waals surface area contributed by atoms with Crippen molar-refractivity contribution in [1.82, 2.24) is 4.72 Å². The lowest BCUT2D eigenvalue weighted by atomic mass is 10.0. The molecule has 0 spiro atoms. The van der Waals surface area contributed by atoms with E-state index in [4.69, 9.17) is 5.11 Å². The number of thiophene rings is 1. The Balaban J connectivity index is 2.11. The van der Waals surface area contributed by atoms with E-state index in [9.17, 15) is 8.42 Å². The molecule has 4 nitrogen and oxygen atoms in total. The summed E-state index contributed by atoms with van der Waals surface area (Å²) < 4.78 is 27.4. The van der Waals surface area contributed by atoms with E-state index in [1.54, 1.807) is 13.0 Å². The van der Waals surface area contributed by atoms with E-state index in [1.807, 2.05) is 0 Å². The first-order valence-corrected chi connectivity index (χ1v) is 9.04. The molecule has 1 heterocycles. The Bertz CT molecular complexity index is 600. The van der Waals surface area contributed by atoms with Gasteiger partial charge in [-0.05, 0) is 29.7 Å². The molecule has 1 aliphatic rings. The fourth-order valence-electron chi connectivity index (χ4n) is 2.98. The molecule has 2 N–H and O–H groups in total. The van der Waals surface area contributed by atoms with Gasteiger partial charge in [0, 0.05) is 16.3 Å². The molecule has 0 aromatic carbocycles. The first-order valence-electron chi connectivity index (χ1n) is 6.74. The lowest BCUT2D eigenvalue weighted by Crippen LogP contribution is -2.27. The molecule has 1 aromatic rings. The zero-order chi connectivity index (χ0) is 15.3. The summed E-state index contributed by atoms with van der Waals surface area (Å²) in [6, 6.07) is 1.56. The normalized spacial score (nSPS) is 21.1. The fraction of sp³-hybridized carbons (Fsp3) is 0.714. The van der Waals surface area contributed by atoms with Crippen molar-refractivity contribution in [3.63, 3.8) is 0 Å². The molecule has 0 bridgehead atoms. The molecule has 1 fully saturated rings. The molecule has 0 amide bonds. The van der Waals surface area contributed by atoms with Crippen molar-refractivity contribution in [3.8, 4) is 0 Å². The van der Waals surface area contributed by atoms with E-state index in [0.717, 1.165) is 4.88 Å². The summed E-state index contributed by atoms with van der Waals surface area (Å²) in [7, 11) is -3.49. The Morgan fingerprint density at radius 1 is 1.30 bits per heavy atom. The van der Waals surface area contributed by atoms with Crippen LogP contribution in [0.1, 0.15) is 37.4 Å². The fourth-order valence-corrected chi connectivity index (χ4v) is 5.52. The van der Waals surface area contributed by atoms with Gasteiger partial charge in [-0.25, -0.2) is 13.1 Å². The summed E-state index contributed by atoms with van der Waals surface area (Å²) in [5.74, 6) is 0.348. The van der Waals surface area contributed by atoms with Crippen LogP contribution in [0.3, 0.4) is 0 Å². The summed E-state index contributed by atoms with van der Waals surface area (Å²) in [6.45, 7) is 10.8. The standard InChI is InChI=1S/C14H23NO3S2/c1-9-11(6-10(8-16)19-9)20(17,18)15-7-12-13(2,3)14(12,4)5/h6,12,15-16H,7-8H2,1-5H3. The maximum Gasteiger partial charge on any atom is 0.241 e. The van der Waals surface area contributed by atoms with Crippen molar-refractivity contribution in [2.24, 2.45) is 16.7 Å². The van der Waals surface area contributed by atoms with Crippen LogP contribution in [-0.2, 0) is 16.6 Å². The maximum absolute atomic E-state index is 12.4. The molecule has 0 radical (unpaired) electrons. The van der Waals surface area contributed by atoms with Gasteiger partial charge < -0.3 is 5.11 Å². The second-order valence-corrected chi connectivity index (χ2v) is 9.72. The second kappa shape index (κ2) is 4.80. The molecule has 2 rings (SSSR count). The average molecular weight is 317 g/mol. The highest BCUT2D eigenvalue weighted by Crippen LogP contribution is 2.67. The number of hydrogen-bond acceptors (Lipinski definition) is 4. The minimum Gasteiger partial charge on any atom is -0.391 e. The zero-order valence-corrected chi connectivity index (χ0v) is 14.3. The summed E-state index contributed by atoms with van der Waals surface area (Å²) in [6.07, 6.45) is 0. The van der Waals surface area contributed by atoms with Gasteiger partial charge in [-0.1, -0.05) is 27.7 Å². The lowest BCUT2D eigenvalue weighted by Gasteiger charge is -2.07. The smallest absolute Gasteiger partial charge is 0.241 e. The van der Waals surface area contributed by atoms with E-state index in [2.05, 4.69) is 32.4 Å². The molecule has 0 unspecified atom stereocenters. The van der Waals surface area contributed by atoms with Crippen LogP contribution in [0.5, 0.6) is 0 Å². The van der Waals surface area contributed by atoms with Gasteiger partial charge >= 0.3 is 0 Å². The summed E-state index contributed by atoms with van der Waals surface area (Å²) in [5, 5.41) is 9.10. The predicted molar refractivity (Wildman–Crippen MR) is 81.2 cm³/mol. The van der Waals surface area contributed by atoms with Gasteiger partial charge in [0.25, 0.3) is 0 Å². The first kappa shape index (κ1) is 15.9. The van der Waals surface area contributed by atoms with Crippen molar-refractivity contribution in [2.45, 2.75) is 46.1 Å². The largest absolute Gasteiger partial charge is 0.391 e. The third-order valence-electron chi connectivity index (χ3n) is 5.17. The van der Waals surface area contributed by atoms with E-state index in [1.165, 1.54) is 11.3 Å². The summed E-state index contributed by atoms with van der Waals surface area (Å²) >= 11 is 1.32. The highest BCUT2D eigenvalue weighted by atomic mass is 32.2. The van der Waals surface area contributed by atoms with Gasteiger partial charge in [0.15, 0.2) is 0 Å². The van der Waals surface area contributed by atoms with Crippen molar-refractivity contribution in [3.05, 3.63) is 15.8 Å². The Labute approximate surface area is 125 Å².